The molecular weight excluding hydrogens is 222 g/mol. The van der Waals surface area contributed by atoms with Crippen molar-refractivity contribution in [1.29, 1.82) is 0 Å². The summed E-state index contributed by atoms with van der Waals surface area (Å²) in [5.41, 5.74) is 6.73. The summed E-state index contributed by atoms with van der Waals surface area (Å²) in [6.07, 6.45) is 0. The van der Waals surface area contributed by atoms with Crippen LogP contribution in [0.4, 0.5) is 17.1 Å². The molecule has 1 aliphatic heterocycles. The van der Waals surface area contributed by atoms with Gasteiger partial charge in [0.1, 0.15) is 5.69 Å². The van der Waals surface area contributed by atoms with E-state index >= 15 is 0 Å². The van der Waals surface area contributed by atoms with Crippen molar-refractivity contribution in [3.05, 3.63) is 27.8 Å². The van der Waals surface area contributed by atoms with Crippen LogP contribution in [0.1, 0.15) is 25.3 Å². The number of hydrogen-bond donors (Lipinski definition) is 2. The molecule has 0 fully saturated rings. The van der Waals surface area contributed by atoms with E-state index in [4.69, 9.17) is 5.73 Å². The second kappa shape index (κ2) is 3.73. The van der Waals surface area contributed by atoms with E-state index in [9.17, 15) is 14.9 Å². The molecule has 0 bridgehead atoms. The molecule has 1 aromatic carbocycles. The van der Waals surface area contributed by atoms with Gasteiger partial charge in [-0.25, -0.2) is 0 Å². The van der Waals surface area contributed by atoms with E-state index in [-0.39, 0.29) is 29.1 Å². The number of carbonyl (C=O) groups is 1. The molecule has 17 heavy (non-hydrogen) atoms. The molecule has 0 spiro atoms. The Morgan fingerprint density at radius 2 is 2.12 bits per heavy atom. The van der Waals surface area contributed by atoms with Crippen molar-refractivity contribution in [1.82, 2.24) is 0 Å². The van der Waals surface area contributed by atoms with E-state index < -0.39 is 4.92 Å². The molecule has 1 unspecified atom stereocenters. The minimum atomic E-state index is -0.532. The van der Waals surface area contributed by atoms with Gasteiger partial charge < -0.3 is 11.1 Å². The number of nitrogens with zero attached hydrogens (tertiary/aromatic N) is 1. The van der Waals surface area contributed by atoms with Crippen LogP contribution in [0.3, 0.4) is 0 Å². The first kappa shape index (κ1) is 11.4. The number of anilines is 2. The number of carbonyl (C=O) groups excluding carboxylic acids is 1. The average Bonchev–Trinajstić information content (AvgIpc) is 2.51. The van der Waals surface area contributed by atoms with Crippen LogP contribution in [-0.2, 0) is 4.79 Å². The molecule has 0 aliphatic carbocycles. The molecular formula is C11H13N3O3. The van der Waals surface area contributed by atoms with Crippen molar-refractivity contribution < 1.29 is 9.72 Å². The number of nitrogens with one attached hydrogen (secondary N) is 1. The fourth-order valence-corrected chi connectivity index (χ4v) is 2.16. The molecule has 2 rings (SSSR count). The smallest absolute Gasteiger partial charge is 0.292 e. The summed E-state index contributed by atoms with van der Waals surface area (Å²) in [6.45, 7) is 3.81. The van der Waals surface area contributed by atoms with Crippen LogP contribution >= 0.6 is 0 Å². The van der Waals surface area contributed by atoms with Gasteiger partial charge in [0, 0.05) is 11.8 Å². The summed E-state index contributed by atoms with van der Waals surface area (Å²) in [7, 11) is 0. The lowest BCUT2D eigenvalue weighted by Gasteiger charge is -2.12. The summed E-state index contributed by atoms with van der Waals surface area (Å²) in [5, 5.41) is 13.5. The van der Waals surface area contributed by atoms with Crippen molar-refractivity contribution >= 4 is 23.0 Å². The Morgan fingerprint density at radius 3 is 2.65 bits per heavy atom. The molecule has 6 nitrogen and oxygen atoms in total. The van der Waals surface area contributed by atoms with E-state index in [1.807, 2.05) is 13.8 Å². The number of nitrogens with two attached hydrogens (primary N) is 1. The highest BCUT2D eigenvalue weighted by molar-refractivity contribution is 6.04. The van der Waals surface area contributed by atoms with E-state index in [0.717, 1.165) is 0 Å². The number of benzene rings is 1. The zero-order valence-electron chi connectivity index (χ0n) is 9.56. The Labute approximate surface area is 98.0 Å². The zero-order valence-corrected chi connectivity index (χ0v) is 9.56. The fourth-order valence-electron chi connectivity index (χ4n) is 2.16. The van der Waals surface area contributed by atoms with Gasteiger partial charge in [-0.05, 0) is 17.5 Å². The van der Waals surface area contributed by atoms with Crippen LogP contribution in [0.25, 0.3) is 0 Å². The Morgan fingerprint density at radius 1 is 1.47 bits per heavy atom. The first-order valence-electron chi connectivity index (χ1n) is 5.30. The van der Waals surface area contributed by atoms with Gasteiger partial charge in [0.15, 0.2) is 0 Å². The third kappa shape index (κ3) is 1.71. The fraction of sp³-hybridized carbons (Fsp3) is 0.364. The van der Waals surface area contributed by atoms with Gasteiger partial charge in [-0.1, -0.05) is 13.8 Å². The Bertz CT molecular complexity index is 511. The topological polar surface area (TPSA) is 98.3 Å². The van der Waals surface area contributed by atoms with Crippen molar-refractivity contribution in [2.75, 3.05) is 11.1 Å². The number of fused-ring (bicyclic) bond motifs is 1. The van der Waals surface area contributed by atoms with Gasteiger partial charge >= 0.3 is 0 Å². The van der Waals surface area contributed by atoms with Crippen molar-refractivity contribution in [3.63, 3.8) is 0 Å². The lowest BCUT2D eigenvalue weighted by Crippen LogP contribution is -2.16. The molecule has 0 aromatic heterocycles. The van der Waals surface area contributed by atoms with E-state index in [1.54, 1.807) is 0 Å². The molecule has 1 aliphatic rings. The maximum Gasteiger partial charge on any atom is 0.292 e. The highest BCUT2D eigenvalue weighted by Crippen LogP contribution is 2.41. The second-order valence-electron chi connectivity index (χ2n) is 4.47. The third-order valence-electron chi connectivity index (χ3n) is 2.94. The van der Waals surface area contributed by atoms with Gasteiger partial charge in [-0.2, -0.15) is 0 Å². The summed E-state index contributed by atoms with van der Waals surface area (Å²) in [4.78, 5) is 22.0. The largest absolute Gasteiger partial charge is 0.393 e. The summed E-state index contributed by atoms with van der Waals surface area (Å²) in [5.74, 6) is -0.390. The normalized spacial score (nSPS) is 18.1. The molecule has 1 aromatic rings. The first-order chi connectivity index (χ1) is 7.91. The third-order valence-corrected chi connectivity index (χ3v) is 2.94. The quantitative estimate of drug-likeness (QED) is 0.464. The van der Waals surface area contributed by atoms with Crippen LogP contribution in [-0.4, -0.2) is 10.8 Å². The predicted octanol–water partition coefficient (Wildman–Crippen LogP) is 1.87. The SMILES string of the molecule is CC(C)C1C(=O)Nc2cc(N)c([N+](=O)[O-])cc21. The van der Waals surface area contributed by atoms with Crippen LogP contribution < -0.4 is 11.1 Å². The maximum atomic E-state index is 11.7. The molecule has 0 saturated carbocycles. The molecule has 1 amide bonds. The maximum absolute atomic E-state index is 11.7. The van der Waals surface area contributed by atoms with Crippen LogP contribution in [0, 0.1) is 16.0 Å². The lowest BCUT2D eigenvalue weighted by molar-refractivity contribution is -0.383. The highest BCUT2D eigenvalue weighted by atomic mass is 16.6. The van der Waals surface area contributed by atoms with E-state index in [0.29, 0.717) is 11.3 Å². The van der Waals surface area contributed by atoms with E-state index in [2.05, 4.69) is 5.32 Å². The molecule has 0 radical (unpaired) electrons. The predicted molar refractivity (Wildman–Crippen MR) is 63.7 cm³/mol. The Balaban J connectivity index is 2.58. The number of nitro groups is 1. The second-order valence-corrected chi connectivity index (χ2v) is 4.47. The highest BCUT2D eigenvalue weighted by Gasteiger charge is 2.35. The number of hydrogen-bond acceptors (Lipinski definition) is 4. The minimum Gasteiger partial charge on any atom is -0.393 e. The Kier molecular flexibility index (Phi) is 2.49. The summed E-state index contributed by atoms with van der Waals surface area (Å²) < 4.78 is 0. The number of nitrogen functional groups attached to an aromatic ring is 1. The van der Waals surface area contributed by atoms with Gasteiger partial charge in [0.2, 0.25) is 5.91 Å². The van der Waals surface area contributed by atoms with Crippen LogP contribution in [0.15, 0.2) is 12.1 Å². The van der Waals surface area contributed by atoms with Gasteiger partial charge in [0.25, 0.3) is 5.69 Å². The molecule has 1 atom stereocenters. The van der Waals surface area contributed by atoms with E-state index in [1.165, 1.54) is 12.1 Å². The van der Waals surface area contributed by atoms with Crippen molar-refractivity contribution in [3.8, 4) is 0 Å². The first-order valence-corrected chi connectivity index (χ1v) is 5.30. The number of amides is 1. The lowest BCUT2D eigenvalue weighted by atomic mass is 9.89. The molecule has 90 valence electrons. The van der Waals surface area contributed by atoms with Crippen LogP contribution in [0.2, 0.25) is 0 Å². The van der Waals surface area contributed by atoms with Gasteiger partial charge in [-0.15, -0.1) is 0 Å². The zero-order chi connectivity index (χ0) is 12.7. The molecule has 3 N–H and O–H groups in total. The Hall–Kier alpha value is -2.11. The minimum absolute atomic E-state index is 0.0680. The monoisotopic (exact) mass is 235 g/mol. The molecule has 6 heteroatoms. The summed E-state index contributed by atoms with van der Waals surface area (Å²) in [6, 6.07) is 2.85. The molecule has 1 heterocycles. The van der Waals surface area contributed by atoms with Gasteiger partial charge in [0.05, 0.1) is 10.8 Å². The van der Waals surface area contributed by atoms with Crippen LogP contribution in [0.5, 0.6) is 0 Å². The van der Waals surface area contributed by atoms with Crippen molar-refractivity contribution in [2.24, 2.45) is 5.92 Å². The van der Waals surface area contributed by atoms with Crippen molar-refractivity contribution in [2.45, 2.75) is 19.8 Å². The number of rotatable bonds is 2. The van der Waals surface area contributed by atoms with Gasteiger partial charge in [-0.3, -0.25) is 14.9 Å². The number of nitro benzene ring substituents is 1. The summed E-state index contributed by atoms with van der Waals surface area (Å²) >= 11 is 0. The standard InChI is InChI=1S/C11H13N3O3/c1-5(2)10-6-3-9(14(16)17)7(12)4-8(6)13-11(10)15/h3-5,10H,12H2,1-2H3,(H,13,15). The molecule has 0 saturated heterocycles. The average molecular weight is 235 g/mol.